The van der Waals surface area contributed by atoms with Gasteiger partial charge in [-0.2, -0.15) is 0 Å². The topological polar surface area (TPSA) is 15.3 Å². The van der Waals surface area contributed by atoms with Gasteiger partial charge in [-0.15, -0.1) is 0 Å². The minimum absolute atomic E-state index is 0.580. The van der Waals surface area contributed by atoms with Crippen LogP contribution in [0.5, 0.6) is 0 Å². The molecule has 0 bridgehead atoms. The predicted molar refractivity (Wildman–Crippen MR) is 69.6 cm³/mol. The molecule has 1 N–H and O–H groups in total. The molecule has 16 heavy (non-hydrogen) atoms. The number of nitrogens with zero attached hydrogens (tertiary/aromatic N) is 1. The van der Waals surface area contributed by atoms with Crippen molar-refractivity contribution in [2.75, 3.05) is 32.7 Å². The zero-order chi connectivity index (χ0) is 11.6. The average Bonchev–Trinajstić information content (AvgIpc) is 2.65. The normalized spacial score (nSPS) is 41.4. The lowest BCUT2D eigenvalue weighted by Crippen LogP contribution is -2.45. The molecule has 2 heterocycles. The predicted octanol–water partition coefficient (Wildman–Crippen LogP) is 2.35. The Morgan fingerprint density at radius 1 is 1.25 bits per heavy atom. The van der Waals surface area contributed by atoms with Gasteiger partial charge in [0.05, 0.1) is 0 Å². The first kappa shape index (κ1) is 12.4. The van der Waals surface area contributed by atoms with E-state index in [4.69, 9.17) is 0 Å². The van der Waals surface area contributed by atoms with Crippen molar-refractivity contribution in [3.8, 4) is 0 Å². The van der Waals surface area contributed by atoms with Crippen LogP contribution in [0.2, 0.25) is 0 Å². The summed E-state index contributed by atoms with van der Waals surface area (Å²) in [6.45, 7) is 13.6. The lowest BCUT2D eigenvalue weighted by Gasteiger charge is -2.40. The van der Waals surface area contributed by atoms with Crippen LogP contribution in [-0.2, 0) is 0 Å². The first-order valence-corrected chi connectivity index (χ1v) is 7.06. The van der Waals surface area contributed by atoms with Crippen molar-refractivity contribution in [1.29, 1.82) is 0 Å². The highest BCUT2D eigenvalue weighted by Crippen LogP contribution is 2.32. The number of piperidine rings is 1. The van der Waals surface area contributed by atoms with Gasteiger partial charge in [0.15, 0.2) is 0 Å². The molecule has 94 valence electrons. The Bertz CT molecular complexity index is 211. The summed E-state index contributed by atoms with van der Waals surface area (Å²) in [4.78, 5) is 2.73. The zero-order valence-electron chi connectivity index (χ0n) is 11.3. The molecule has 3 atom stereocenters. The van der Waals surface area contributed by atoms with Crippen LogP contribution in [0.4, 0.5) is 0 Å². The summed E-state index contributed by atoms with van der Waals surface area (Å²) in [6.07, 6.45) is 4.13. The van der Waals surface area contributed by atoms with E-state index in [-0.39, 0.29) is 0 Å². The van der Waals surface area contributed by atoms with Gasteiger partial charge in [-0.05, 0) is 43.1 Å². The summed E-state index contributed by atoms with van der Waals surface area (Å²) in [7, 11) is 0. The van der Waals surface area contributed by atoms with Gasteiger partial charge in [0.2, 0.25) is 0 Å². The number of hydrogen-bond donors (Lipinski definition) is 1. The summed E-state index contributed by atoms with van der Waals surface area (Å²) in [6, 6.07) is 0. The number of nitrogens with one attached hydrogen (secondary N) is 1. The van der Waals surface area contributed by atoms with Crippen LogP contribution in [0.25, 0.3) is 0 Å². The van der Waals surface area contributed by atoms with E-state index in [0.29, 0.717) is 5.41 Å². The fraction of sp³-hybridized carbons (Fsp3) is 1.00. The highest BCUT2D eigenvalue weighted by Gasteiger charge is 2.35. The molecule has 2 saturated heterocycles. The molecule has 0 aromatic heterocycles. The molecule has 0 aromatic carbocycles. The van der Waals surface area contributed by atoms with Crippen molar-refractivity contribution in [3.63, 3.8) is 0 Å². The summed E-state index contributed by atoms with van der Waals surface area (Å²) in [5.41, 5.74) is 0.580. The Kier molecular flexibility index (Phi) is 3.91. The molecular weight excluding hydrogens is 196 g/mol. The Morgan fingerprint density at radius 3 is 2.44 bits per heavy atom. The monoisotopic (exact) mass is 224 g/mol. The van der Waals surface area contributed by atoms with E-state index < -0.39 is 0 Å². The third-order valence-electron chi connectivity index (χ3n) is 4.59. The first-order chi connectivity index (χ1) is 7.63. The SMILES string of the molecule is CCC1(CN2CC(C)CC(C)C2)CCNC1. The van der Waals surface area contributed by atoms with Crippen LogP contribution in [0, 0.1) is 17.3 Å². The molecule has 0 aliphatic carbocycles. The van der Waals surface area contributed by atoms with Gasteiger partial charge in [0.1, 0.15) is 0 Å². The Balaban J connectivity index is 1.92. The van der Waals surface area contributed by atoms with E-state index in [1.54, 1.807) is 0 Å². The van der Waals surface area contributed by atoms with Crippen molar-refractivity contribution in [1.82, 2.24) is 10.2 Å². The molecule has 2 heteroatoms. The third kappa shape index (κ3) is 2.78. The largest absolute Gasteiger partial charge is 0.316 e. The van der Waals surface area contributed by atoms with E-state index >= 15 is 0 Å². The van der Waals surface area contributed by atoms with Gasteiger partial charge < -0.3 is 10.2 Å². The smallest absolute Gasteiger partial charge is 0.00507 e. The van der Waals surface area contributed by atoms with Crippen molar-refractivity contribution in [3.05, 3.63) is 0 Å². The number of rotatable bonds is 3. The number of hydrogen-bond acceptors (Lipinski definition) is 2. The zero-order valence-corrected chi connectivity index (χ0v) is 11.3. The minimum atomic E-state index is 0.580. The summed E-state index contributed by atoms with van der Waals surface area (Å²) in [5.74, 6) is 1.79. The Hall–Kier alpha value is -0.0800. The number of likely N-dealkylation sites (tertiary alicyclic amines) is 1. The minimum Gasteiger partial charge on any atom is -0.316 e. The molecule has 0 saturated carbocycles. The second-order valence-corrected chi connectivity index (χ2v) is 6.42. The maximum atomic E-state index is 3.55. The Morgan fingerprint density at radius 2 is 1.94 bits per heavy atom. The maximum absolute atomic E-state index is 3.55. The van der Waals surface area contributed by atoms with Crippen LogP contribution in [-0.4, -0.2) is 37.6 Å². The summed E-state index contributed by atoms with van der Waals surface area (Å²) >= 11 is 0. The molecule has 0 amide bonds. The molecule has 2 fully saturated rings. The van der Waals surface area contributed by atoms with Crippen LogP contribution in [0.1, 0.15) is 40.0 Å². The molecule has 0 aromatic rings. The van der Waals surface area contributed by atoms with E-state index in [2.05, 4.69) is 31.0 Å². The first-order valence-electron chi connectivity index (χ1n) is 7.06. The van der Waals surface area contributed by atoms with E-state index in [1.165, 1.54) is 52.0 Å². The molecule has 2 nitrogen and oxygen atoms in total. The van der Waals surface area contributed by atoms with Crippen LogP contribution in [0.15, 0.2) is 0 Å². The average molecular weight is 224 g/mol. The third-order valence-corrected chi connectivity index (χ3v) is 4.59. The maximum Gasteiger partial charge on any atom is 0.00507 e. The standard InChI is InChI=1S/C14H28N2/c1-4-14(5-6-15-10-14)11-16-8-12(2)7-13(3)9-16/h12-13,15H,4-11H2,1-3H3. The lowest BCUT2D eigenvalue weighted by atomic mass is 9.82. The van der Waals surface area contributed by atoms with Gasteiger partial charge >= 0.3 is 0 Å². The van der Waals surface area contributed by atoms with Crippen molar-refractivity contribution in [2.45, 2.75) is 40.0 Å². The van der Waals surface area contributed by atoms with E-state index in [9.17, 15) is 0 Å². The van der Waals surface area contributed by atoms with Crippen molar-refractivity contribution >= 4 is 0 Å². The lowest BCUT2D eigenvalue weighted by molar-refractivity contribution is 0.0876. The van der Waals surface area contributed by atoms with Crippen LogP contribution >= 0.6 is 0 Å². The van der Waals surface area contributed by atoms with Gasteiger partial charge in [0, 0.05) is 26.2 Å². The molecule has 3 unspecified atom stereocenters. The molecule has 0 radical (unpaired) electrons. The molecule has 2 aliphatic heterocycles. The van der Waals surface area contributed by atoms with Crippen molar-refractivity contribution in [2.24, 2.45) is 17.3 Å². The quantitative estimate of drug-likeness (QED) is 0.791. The second kappa shape index (κ2) is 5.05. The molecule has 0 spiro atoms. The van der Waals surface area contributed by atoms with Gasteiger partial charge in [0.25, 0.3) is 0 Å². The Labute approximate surface area is 101 Å². The van der Waals surface area contributed by atoms with Crippen LogP contribution in [0.3, 0.4) is 0 Å². The van der Waals surface area contributed by atoms with Crippen molar-refractivity contribution < 1.29 is 0 Å². The highest BCUT2D eigenvalue weighted by molar-refractivity contribution is 4.90. The molecule has 2 rings (SSSR count). The fourth-order valence-electron chi connectivity index (χ4n) is 3.74. The van der Waals surface area contributed by atoms with Crippen LogP contribution < -0.4 is 5.32 Å². The van der Waals surface area contributed by atoms with Gasteiger partial charge in [-0.3, -0.25) is 0 Å². The fourth-order valence-corrected chi connectivity index (χ4v) is 3.74. The summed E-state index contributed by atoms with van der Waals surface area (Å²) in [5, 5.41) is 3.55. The van der Waals surface area contributed by atoms with Gasteiger partial charge in [-0.1, -0.05) is 20.8 Å². The highest BCUT2D eigenvalue weighted by atomic mass is 15.2. The van der Waals surface area contributed by atoms with E-state index in [0.717, 1.165) is 11.8 Å². The second-order valence-electron chi connectivity index (χ2n) is 6.42. The molecule has 2 aliphatic rings. The van der Waals surface area contributed by atoms with E-state index in [1.807, 2.05) is 0 Å². The van der Waals surface area contributed by atoms with Gasteiger partial charge in [-0.25, -0.2) is 0 Å². The molecular formula is C14H28N2. The summed E-state index contributed by atoms with van der Waals surface area (Å²) < 4.78 is 0.